The molecule has 3 amide bonds. The van der Waals surface area contributed by atoms with Crippen LogP contribution in [-0.4, -0.2) is 39.6 Å². The third-order valence-electron chi connectivity index (χ3n) is 4.10. The lowest BCUT2D eigenvalue weighted by Gasteiger charge is -2.23. The molecule has 9 heteroatoms. The number of urea groups is 1. The Balaban J connectivity index is 1.65. The summed E-state index contributed by atoms with van der Waals surface area (Å²) >= 11 is 1.32. The molecule has 1 saturated heterocycles. The highest BCUT2D eigenvalue weighted by atomic mass is 32.1. The first-order chi connectivity index (χ1) is 12.5. The van der Waals surface area contributed by atoms with Gasteiger partial charge in [-0.2, -0.15) is 0 Å². The van der Waals surface area contributed by atoms with Crippen LogP contribution in [0.25, 0.3) is 0 Å². The highest BCUT2D eigenvalue weighted by Gasteiger charge is 2.34. The van der Waals surface area contributed by atoms with E-state index < -0.39 is 17.9 Å². The van der Waals surface area contributed by atoms with Crippen LogP contribution < -0.4 is 10.6 Å². The van der Waals surface area contributed by atoms with Crippen molar-refractivity contribution in [2.24, 2.45) is 0 Å². The summed E-state index contributed by atoms with van der Waals surface area (Å²) in [7, 11) is 0. The highest BCUT2D eigenvalue weighted by molar-refractivity contribution is 7.15. The number of carbonyl (C=O) groups excluding carboxylic acids is 2. The van der Waals surface area contributed by atoms with E-state index in [1.807, 2.05) is 13.8 Å². The molecule has 138 valence electrons. The molecule has 1 aromatic carbocycles. The summed E-state index contributed by atoms with van der Waals surface area (Å²) < 4.78 is 13.7. The topological polar surface area (TPSA) is 87.2 Å². The molecule has 1 aliphatic rings. The molecule has 0 spiro atoms. The molecule has 0 saturated carbocycles. The van der Waals surface area contributed by atoms with Crippen molar-refractivity contribution in [3.8, 4) is 0 Å². The molecule has 2 heterocycles. The molecule has 1 fully saturated rings. The zero-order valence-electron chi connectivity index (χ0n) is 14.5. The van der Waals surface area contributed by atoms with Crippen LogP contribution in [0.3, 0.4) is 0 Å². The van der Waals surface area contributed by atoms with Crippen molar-refractivity contribution in [3.63, 3.8) is 0 Å². The van der Waals surface area contributed by atoms with E-state index in [4.69, 9.17) is 0 Å². The van der Waals surface area contributed by atoms with E-state index in [1.165, 1.54) is 28.4 Å². The quantitative estimate of drug-likeness (QED) is 0.854. The fourth-order valence-corrected chi connectivity index (χ4v) is 3.49. The van der Waals surface area contributed by atoms with Gasteiger partial charge in [0.05, 0.1) is 5.69 Å². The van der Waals surface area contributed by atoms with Gasteiger partial charge in [-0.15, -0.1) is 10.2 Å². The Hall–Kier alpha value is -2.55. The van der Waals surface area contributed by atoms with Crippen LogP contribution in [0.1, 0.15) is 37.6 Å². The maximum Gasteiger partial charge on any atom is 0.322 e. The lowest BCUT2D eigenvalue weighted by atomic mass is 10.2. The van der Waals surface area contributed by atoms with E-state index in [-0.39, 0.29) is 17.5 Å². The van der Waals surface area contributed by atoms with Crippen LogP contribution >= 0.6 is 11.3 Å². The van der Waals surface area contributed by atoms with Gasteiger partial charge in [-0.25, -0.2) is 9.18 Å². The van der Waals surface area contributed by atoms with Gasteiger partial charge in [0, 0.05) is 12.5 Å². The Morgan fingerprint density at radius 3 is 2.73 bits per heavy atom. The summed E-state index contributed by atoms with van der Waals surface area (Å²) in [5.74, 6) is -0.596. The number of rotatable bonds is 4. The predicted octanol–water partition coefficient (Wildman–Crippen LogP) is 3.44. The molecular formula is C17H20FN5O2S. The van der Waals surface area contributed by atoms with Crippen LogP contribution in [0.5, 0.6) is 0 Å². The molecular weight excluding hydrogens is 357 g/mol. The molecule has 7 nitrogen and oxygen atoms in total. The van der Waals surface area contributed by atoms with E-state index >= 15 is 0 Å². The number of amides is 3. The van der Waals surface area contributed by atoms with Gasteiger partial charge in [0.2, 0.25) is 11.0 Å². The number of nitrogens with zero attached hydrogens (tertiary/aromatic N) is 3. The van der Waals surface area contributed by atoms with Gasteiger partial charge in [-0.3, -0.25) is 10.1 Å². The van der Waals surface area contributed by atoms with Crippen molar-refractivity contribution in [2.75, 3.05) is 17.2 Å². The number of benzene rings is 1. The smallest absolute Gasteiger partial charge is 0.312 e. The fourth-order valence-electron chi connectivity index (χ4n) is 2.74. The third kappa shape index (κ3) is 3.98. The van der Waals surface area contributed by atoms with Gasteiger partial charge in [-0.05, 0) is 25.0 Å². The van der Waals surface area contributed by atoms with E-state index in [0.29, 0.717) is 24.5 Å². The molecule has 0 radical (unpaired) electrons. The fraction of sp³-hybridized carbons (Fsp3) is 0.412. The van der Waals surface area contributed by atoms with Crippen LogP contribution in [0.4, 0.5) is 20.0 Å². The van der Waals surface area contributed by atoms with Crippen LogP contribution in [0.15, 0.2) is 24.3 Å². The number of nitrogens with one attached hydrogen (secondary N) is 2. The van der Waals surface area contributed by atoms with Crippen LogP contribution in [0.2, 0.25) is 0 Å². The van der Waals surface area contributed by atoms with Crippen LogP contribution in [-0.2, 0) is 4.79 Å². The zero-order valence-corrected chi connectivity index (χ0v) is 15.3. The number of likely N-dealkylation sites (tertiary alicyclic amines) is 1. The molecule has 0 bridgehead atoms. The standard InChI is InChI=1S/C17H20FN5O2S/c1-10(2)15-21-22-16(26-15)20-14(24)13-8-5-9-23(13)17(25)19-12-7-4-3-6-11(12)18/h3-4,6-7,10,13H,5,8-9H2,1-2H3,(H,19,25)(H,20,22,24)/t13-/m0/s1. The molecule has 0 unspecified atom stereocenters. The number of aromatic nitrogens is 2. The van der Waals surface area contributed by atoms with Crippen molar-refractivity contribution in [1.29, 1.82) is 0 Å². The molecule has 2 N–H and O–H groups in total. The molecule has 1 aliphatic heterocycles. The van der Waals surface area contributed by atoms with Gasteiger partial charge in [0.1, 0.15) is 16.9 Å². The van der Waals surface area contributed by atoms with Gasteiger partial charge < -0.3 is 10.2 Å². The molecule has 2 aromatic rings. The van der Waals surface area contributed by atoms with Gasteiger partial charge in [0.25, 0.3) is 0 Å². The van der Waals surface area contributed by atoms with E-state index in [9.17, 15) is 14.0 Å². The van der Waals surface area contributed by atoms with Crippen molar-refractivity contribution >= 4 is 34.1 Å². The summed E-state index contributed by atoms with van der Waals surface area (Å²) in [5, 5.41) is 14.5. The first-order valence-corrected chi connectivity index (χ1v) is 9.23. The monoisotopic (exact) mass is 377 g/mol. The molecule has 3 rings (SSSR count). The largest absolute Gasteiger partial charge is 0.322 e. The molecule has 1 aromatic heterocycles. The zero-order chi connectivity index (χ0) is 18.7. The predicted molar refractivity (Wildman–Crippen MR) is 97.8 cm³/mol. The molecule has 26 heavy (non-hydrogen) atoms. The molecule has 1 atom stereocenters. The minimum atomic E-state index is -0.617. The maximum absolute atomic E-state index is 13.7. The first-order valence-electron chi connectivity index (χ1n) is 8.42. The minimum absolute atomic E-state index is 0.0919. The minimum Gasteiger partial charge on any atom is -0.312 e. The summed E-state index contributed by atoms with van der Waals surface area (Å²) in [5.41, 5.74) is 0.0919. The summed E-state index contributed by atoms with van der Waals surface area (Å²) in [6.45, 7) is 4.43. The summed E-state index contributed by atoms with van der Waals surface area (Å²) in [6, 6.07) is 4.82. The van der Waals surface area contributed by atoms with E-state index in [0.717, 1.165) is 5.01 Å². The number of hydrogen-bond donors (Lipinski definition) is 2. The lowest BCUT2D eigenvalue weighted by Crippen LogP contribution is -2.45. The maximum atomic E-state index is 13.7. The van der Waals surface area contributed by atoms with Gasteiger partial charge >= 0.3 is 6.03 Å². The second-order valence-corrected chi connectivity index (χ2v) is 7.36. The average Bonchev–Trinajstić information content (AvgIpc) is 3.26. The van der Waals surface area contributed by atoms with Crippen LogP contribution in [0, 0.1) is 5.82 Å². The van der Waals surface area contributed by atoms with E-state index in [1.54, 1.807) is 12.1 Å². The second-order valence-electron chi connectivity index (χ2n) is 6.35. The number of halogens is 1. The Kier molecular flexibility index (Phi) is 5.46. The van der Waals surface area contributed by atoms with Crippen molar-refractivity contribution in [1.82, 2.24) is 15.1 Å². The first kappa shape index (κ1) is 18.2. The van der Waals surface area contributed by atoms with Crippen molar-refractivity contribution < 1.29 is 14.0 Å². The third-order valence-corrected chi connectivity index (χ3v) is 5.24. The number of carbonyl (C=O) groups is 2. The highest BCUT2D eigenvalue weighted by Crippen LogP contribution is 2.25. The Labute approximate surface area is 154 Å². The second kappa shape index (κ2) is 7.77. The van der Waals surface area contributed by atoms with Crippen molar-refractivity contribution in [3.05, 3.63) is 35.1 Å². The Bertz CT molecular complexity index is 810. The number of para-hydroxylation sites is 1. The average molecular weight is 377 g/mol. The Morgan fingerprint density at radius 1 is 1.27 bits per heavy atom. The SMILES string of the molecule is CC(C)c1nnc(NC(=O)[C@@H]2CCCN2C(=O)Nc2ccccc2F)s1. The van der Waals surface area contributed by atoms with Gasteiger partial charge in [-0.1, -0.05) is 37.3 Å². The normalized spacial score (nSPS) is 16.8. The van der Waals surface area contributed by atoms with Gasteiger partial charge in [0.15, 0.2) is 0 Å². The lowest BCUT2D eigenvalue weighted by molar-refractivity contribution is -0.119. The summed E-state index contributed by atoms with van der Waals surface area (Å²) in [6.07, 6.45) is 1.25. The van der Waals surface area contributed by atoms with Crippen molar-refractivity contribution in [2.45, 2.75) is 38.6 Å². The molecule has 0 aliphatic carbocycles. The summed E-state index contributed by atoms with van der Waals surface area (Å²) in [4.78, 5) is 26.5. The number of anilines is 2. The number of hydrogen-bond acceptors (Lipinski definition) is 5. The Morgan fingerprint density at radius 2 is 2.04 bits per heavy atom. The van der Waals surface area contributed by atoms with E-state index in [2.05, 4.69) is 20.8 Å².